The Labute approximate surface area is 99.0 Å². The third kappa shape index (κ3) is 9.31. The highest BCUT2D eigenvalue weighted by Crippen LogP contribution is 1.96. The predicted molar refractivity (Wildman–Crippen MR) is 59.3 cm³/mol. The quantitative estimate of drug-likeness (QED) is 0.408. The summed E-state index contributed by atoms with van der Waals surface area (Å²) in [6.45, 7) is 0.397. The lowest BCUT2D eigenvalue weighted by Gasteiger charge is -2.07. The molecule has 0 spiro atoms. The molecule has 0 radical (unpaired) electrons. The van der Waals surface area contributed by atoms with Crippen molar-refractivity contribution in [2.24, 2.45) is 5.73 Å². The average Bonchev–Trinajstić information content (AvgIpc) is 2.24. The maximum absolute atomic E-state index is 11.2. The van der Waals surface area contributed by atoms with Crippen LogP contribution >= 0.6 is 0 Å². The molecular weight excluding hydrogens is 228 g/mol. The van der Waals surface area contributed by atoms with E-state index in [1.807, 2.05) is 0 Å². The number of unbranched alkanes of at least 4 members (excludes halogenated alkanes) is 1. The smallest absolute Gasteiger partial charge is 0.320 e. The Bertz CT molecular complexity index is 280. The fourth-order valence-electron chi connectivity index (χ4n) is 1.13. The Kier molecular flexibility index (Phi) is 7.70. The summed E-state index contributed by atoms with van der Waals surface area (Å²) < 4.78 is 0. The number of aliphatic carboxylic acids is 2. The molecule has 0 aliphatic rings. The van der Waals surface area contributed by atoms with E-state index in [0.717, 1.165) is 0 Å². The third-order valence-corrected chi connectivity index (χ3v) is 2.14. The van der Waals surface area contributed by atoms with Crippen LogP contribution in [0, 0.1) is 0 Å². The highest BCUT2D eigenvalue weighted by molar-refractivity contribution is 5.78. The van der Waals surface area contributed by atoms with E-state index in [1.165, 1.54) is 0 Å². The number of hydrogen-bond donors (Lipinski definition) is 4. The molecule has 0 fully saturated rings. The van der Waals surface area contributed by atoms with Gasteiger partial charge in [-0.2, -0.15) is 0 Å². The predicted octanol–water partition coefficient (Wildman–Crippen LogP) is -0.450. The van der Waals surface area contributed by atoms with E-state index in [-0.39, 0.29) is 25.2 Å². The van der Waals surface area contributed by atoms with Crippen molar-refractivity contribution in [3.05, 3.63) is 0 Å². The highest BCUT2D eigenvalue weighted by atomic mass is 16.4. The molecule has 0 rings (SSSR count). The van der Waals surface area contributed by atoms with E-state index < -0.39 is 18.0 Å². The first kappa shape index (κ1) is 15.4. The van der Waals surface area contributed by atoms with Gasteiger partial charge in [0.2, 0.25) is 5.91 Å². The Hall–Kier alpha value is -1.63. The lowest BCUT2D eigenvalue weighted by molar-refractivity contribution is -0.139. The van der Waals surface area contributed by atoms with Crippen molar-refractivity contribution in [2.45, 2.75) is 38.1 Å². The van der Waals surface area contributed by atoms with Crippen molar-refractivity contribution in [3.63, 3.8) is 0 Å². The van der Waals surface area contributed by atoms with E-state index in [2.05, 4.69) is 5.32 Å². The SMILES string of the molecule is N[C@@H](CCC(=O)NCCCCC(=O)O)C(=O)O. The van der Waals surface area contributed by atoms with Gasteiger partial charge in [0.05, 0.1) is 0 Å². The molecule has 1 atom stereocenters. The summed E-state index contributed by atoms with van der Waals surface area (Å²) in [6, 6.07) is -1.02. The van der Waals surface area contributed by atoms with E-state index in [9.17, 15) is 14.4 Å². The fraction of sp³-hybridized carbons (Fsp3) is 0.700. The first-order valence-electron chi connectivity index (χ1n) is 5.40. The van der Waals surface area contributed by atoms with Crippen LogP contribution in [0.5, 0.6) is 0 Å². The lowest BCUT2D eigenvalue weighted by atomic mass is 10.1. The summed E-state index contributed by atoms with van der Waals surface area (Å²) in [5.74, 6) is -2.25. The van der Waals surface area contributed by atoms with Crippen LogP contribution in [-0.4, -0.2) is 40.6 Å². The van der Waals surface area contributed by atoms with Crippen LogP contribution in [0.2, 0.25) is 0 Å². The molecule has 7 heteroatoms. The fourth-order valence-corrected chi connectivity index (χ4v) is 1.13. The van der Waals surface area contributed by atoms with Gasteiger partial charge in [-0.05, 0) is 19.3 Å². The Balaban J connectivity index is 3.47. The van der Waals surface area contributed by atoms with E-state index in [4.69, 9.17) is 15.9 Å². The molecule has 0 aliphatic carbocycles. The summed E-state index contributed by atoms with van der Waals surface area (Å²) in [5, 5.41) is 19.4. The standard InChI is InChI=1S/C10H18N2O5/c11-7(10(16)17)4-5-8(13)12-6-2-1-3-9(14)15/h7H,1-6,11H2,(H,12,13)(H,14,15)(H,16,17)/t7-/m0/s1. The van der Waals surface area contributed by atoms with Gasteiger partial charge in [-0.1, -0.05) is 0 Å². The Morgan fingerprint density at radius 1 is 1.12 bits per heavy atom. The summed E-state index contributed by atoms with van der Waals surface area (Å²) in [5.41, 5.74) is 5.23. The number of rotatable bonds is 9. The number of hydrogen-bond acceptors (Lipinski definition) is 4. The van der Waals surface area contributed by atoms with E-state index >= 15 is 0 Å². The first-order chi connectivity index (χ1) is 7.93. The lowest BCUT2D eigenvalue weighted by Crippen LogP contribution is -2.32. The normalized spacial score (nSPS) is 11.8. The molecule has 0 unspecified atom stereocenters. The number of carboxylic acids is 2. The molecule has 0 aromatic carbocycles. The minimum Gasteiger partial charge on any atom is -0.481 e. The van der Waals surface area contributed by atoms with Gasteiger partial charge < -0.3 is 21.3 Å². The van der Waals surface area contributed by atoms with Crippen LogP contribution in [0.3, 0.4) is 0 Å². The maximum Gasteiger partial charge on any atom is 0.320 e. The molecule has 0 bridgehead atoms. The molecule has 5 N–H and O–H groups in total. The van der Waals surface area contributed by atoms with Gasteiger partial charge in [0.15, 0.2) is 0 Å². The molecule has 0 aliphatic heterocycles. The van der Waals surface area contributed by atoms with Crippen LogP contribution in [0.1, 0.15) is 32.1 Å². The van der Waals surface area contributed by atoms with Gasteiger partial charge in [-0.25, -0.2) is 0 Å². The molecular formula is C10H18N2O5. The molecule has 1 amide bonds. The van der Waals surface area contributed by atoms with Gasteiger partial charge in [-0.15, -0.1) is 0 Å². The maximum atomic E-state index is 11.2. The minimum absolute atomic E-state index is 0.0619. The van der Waals surface area contributed by atoms with Gasteiger partial charge in [0.25, 0.3) is 0 Å². The van der Waals surface area contributed by atoms with Crippen molar-refractivity contribution in [1.82, 2.24) is 5.32 Å². The molecule has 7 nitrogen and oxygen atoms in total. The van der Waals surface area contributed by atoms with Crippen LogP contribution in [-0.2, 0) is 14.4 Å². The largest absolute Gasteiger partial charge is 0.481 e. The second kappa shape index (κ2) is 8.51. The van der Waals surface area contributed by atoms with Crippen LogP contribution < -0.4 is 11.1 Å². The number of nitrogens with two attached hydrogens (primary N) is 1. The Morgan fingerprint density at radius 2 is 1.76 bits per heavy atom. The summed E-state index contributed by atoms with van der Waals surface area (Å²) >= 11 is 0. The second-order valence-electron chi connectivity index (χ2n) is 3.68. The van der Waals surface area contributed by atoms with Crippen molar-refractivity contribution < 1.29 is 24.6 Å². The van der Waals surface area contributed by atoms with Crippen LogP contribution in [0.25, 0.3) is 0 Å². The Morgan fingerprint density at radius 3 is 2.29 bits per heavy atom. The molecule has 0 saturated heterocycles. The summed E-state index contributed by atoms with van der Waals surface area (Å²) in [7, 11) is 0. The summed E-state index contributed by atoms with van der Waals surface area (Å²) in [4.78, 5) is 31.7. The zero-order chi connectivity index (χ0) is 13.3. The molecule has 0 saturated carbocycles. The summed E-state index contributed by atoms with van der Waals surface area (Å²) in [6.07, 6.45) is 1.33. The molecule has 0 aromatic heterocycles. The molecule has 0 aromatic rings. The van der Waals surface area contributed by atoms with Crippen LogP contribution in [0.15, 0.2) is 0 Å². The van der Waals surface area contributed by atoms with Gasteiger partial charge >= 0.3 is 11.9 Å². The minimum atomic E-state index is -1.13. The zero-order valence-corrected chi connectivity index (χ0v) is 9.52. The molecule has 17 heavy (non-hydrogen) atoms. The van der Waals surface area contributed by atoms with Crippen molar-refractivity contribution >= 4 is 17.8 Å². The van der Waals surface area contributed by atoms with Gasteiger partial charge in [0, 0.05) is 19.4 Å². The number of carbonyl (C=O) groups excluding carboxylic acids is 1. The topological polar surface area (TPSA) is 130 Å². The van der Waals surface area contributed by atoms with E-state index in [1.54, 1.807) is 0 Å². The average molecular weight is 246 g/mol. The zero-order valence-electron chi connectivity index (χ0n) is 9.52. The van der Waals surface area contributed by atoms with Gasteiger partial charge in [0.1, 0.15) is 6.04 Å². The number of carboxylic acid groups (broad SMARTS) is 2. The number of carbonyl (C=O) groups is 3. The van der Waals surface area contributed by atoms with Gasteiger partial charge in [-0.3, -0.25) is 14.4 Å². The third-order valence-electron chi connectivity index (χ3n) is 2.14. The first-order valence-corrected chi connectivity index (χ1v) is 5.40. The second-order valence-corrected chi connectivity index (χ2v) is 3.68. The number of nitrogens with one attached hydrogen (secondary N) is 1. The van der Waals surface area contributed by atoms with Crippen molar-refractivity contribution in [2.75, 3.05) is 6.54 Å². The van der Waals surface area contributed by atoms with Crippen molar-refractivity contribution in [1.29, 1.82) is 0 Å². The molecule has 0 heterocycles. The monoisotopic (exact) mass is 246 g/mol. The highest BCUT2D eigenvalue weighted by Gasteiger charge is 2.12. The molecule has 98 valence electrons. The van der Waals surface area contributed by atoms with E-state index in [0.29, 0.717) is 19.4 Å². The van der Waals surface area contributed by atoms with Crippen LogP contribution in [0.4, 0.5) is 0 Å². The van der Waals surface area contributed by atoms with Crippen molar-refractivity contribution in [3.8, 4) is 0 Å². The number of amides is 1.